The summed E-state index contributed by atoms with van der Waals surface area (Å²) in [6, 6.07) is 9.87. The summed E-state index contributed by atoms with van der Waals surface area (Å²) in [5.41, 5.74) is 2.40. The molecule has 0 aliphatic carbocycles. The molecule has 2 aromatic carbocycles. The first kappa shape index (κ1) is 27.2. The number of hydrogen-bond donors (Lipinski definition) is 0. The lowest BCUT2D eigenvalue weighted by atomic mass is 9.83. The van der Waals surface area contributed by atoms with Gasteiger partial charge in [-0.25, -0.2) is 0 Å². The second kappa shape index (κ2) is 12.5. The Labute approximate surface area is 206 Å². The quantitative estimate of drug-likeness (QED) is 0.133. The van der Waals surface area contributed by atoms with Crippen LogP contribution in [0.3, 0.4) is 0 Å². The van der Waals surface area contributed by atoms with Crippen molar-refractivity contribution in [3.05, 3.63) is 57.1 Å². The Bertz CT molecular complexity index is 1040. The number of nitrogens with zero attached hydrogens (tertiary/aromatic N) is 4. The highest BCUT2D eigenvalue weighted by Gasteiger charge is 2.31. The van der Waals surface area contributed by atoms with E-state index in [1.807, 2.05) is 39.0 Å². The van der Waals surface area contributed by atoms with E-state index in [1.54, 1.807) is 0 Å². The van der Waals surface area contributed by atoms with Crippen LogP contribution in [0.5, 0.6) is 0 Å². The Morgan fingerprint density at radius 3 is 2.38 bits per heavy atom. The zero-order chi connectivity index (χ0) is 25.3. The van der Waals surface area contributed by atoms with Gasteiger partial charge in [0.25, 0.3) is 5.69 Å². The molecule has 1 unspecified atom stereocenters. The van der Waals surface area contributed by atoms with Gasteiger partial charge < -0.3 is 9.64 Å². The van der Waals surface area contributed by atoms with Gasteiger partial charge in [-0.2, -0.15) is 5.11 Å². The maximum Gasteiger partial charge on any atom is 0.311 e. The van der Waals surface area contributed by atoms with E-state index in [0.717, 1.165) is 37.1 Å². The number of nitro benzene ring substituents is 1. The molecule has 0 N–H and O–H groups in total. The predicted molar refractivity (Wildman–Crippen MR) is 136 cm³/mol. The Kier molecular flexibility index (Phi) is 9.98. The molecule has 0 saturated heterocycles. The second-order valence-corrected chi connectivity index (χ2v) is 8.85. The third kappa shape index (κ3) is 7.00. The van der Waals surface area contributed by atoms with Crippen molar-refractivity contribution in [3.8, 4) is 0 Å². The van der Waals surface area contributed by atoms with Crippen LogP contribution in [0.1, 0.15) is 52.5 Å². The van der Waals surface area contributed by atoms with Crippen LogP contribution in [-0.2, 0) is 9.53 Å². The molecule has 9 heteroatoms. The summed E-state index contributed by atoms with van der Waals surface area (Å²) in [4.78, 5) is 25.0. The first-order chi connectivity index (χ1) is 16.1. The van der Waals surface area contributed by atoms with Crippen molar-refractivity contribution in [2.45, 2.75) is 53.9 Å². The van der Waals surface area contributed by atoms with Crippen LogP contribution in [-0.4, -0.2) is 30.6 Å². The van der Waals surface area contributed by atoms with Gasteiger partial charge in [-0.05, 0) is 63.4 Å². The van der Waals surface area contributed by atoms with Crippen molar-refractivity contribution in [2.24, 2.45) is 15.6 Å². The molecule has 0 amide bonds. The summed E-state index contributed by atoms with van der Waals surface area (Å²) in [5.74, 6) is -0.134. The predicted octanol–water partition coefficient (Wildman–Crippen LogP) is 7.56. The van der Waals surface area contributed by atoms with E-state index in [4.69, 9.17) is 16.3 Å². The topological polar surface area (TPSA) is 97.4 Å². The number of non-ortho nitro benzene ring substituents is 1. The zero-order valence-electron chi connectivity index (χ0n) is 20.5. The minimum absolute atomic E-state index is 0.0977. The molecule has 0 radical (unpaired) electrons. The van der Waals surface area contributed by atoms with E-state index in [1.165, 1.54) is 18.2 Å². The number of rotatable bonds is 12. The van der Waals surface area contributed by atoms with Crippen LogP contribution in [0.15, 0.2) is 46.6 Å². The smallest absolute Gasteiger partial charge is 0.311 e. The molecule has 0 aliphatic heterocycles. The number of aryl methyl sites for hydroxylation is 1. The first-order valence-corrected chi connectivity index (χ1v) is 11.9. The summed E-state index contributed by atoms with van der Waals surface area (Å²) < 4.78 is 5.61. The standard InChI is InChI=1S/C25H33ClN4O4/c1-6-13-25(5,7-2)24(31)34-15-14-29(8-3)19-9-11-22(18(4)16-19)27-28-23-12-10-20(30(32)33)17-21(23)26/h9-12,16-17H,6-8,13-15H2,1-5H3. The molecular formula is C25H33ClN4O4. The fourth-order valence-corrected chi connectivity index (χ4v) is 3.83. The molecule has 0 bridgehead atoms. The van der Waals surface area contributed by atoms with Crippen LogP contribution >= 0.6 is 11.6 Å². The van der Waals surface area contributed by atoms with Crippen molar-refractivity contribution in [1.82, 2.24) is 0 Å². The summed E-state index contributed by atoms with van der Waals surface area (Å²) in [5, 5.41) is 19.4. The molecule has 0 saturated carbocycles. The molecular weight excluding hydrogens is 456 g/mol. The number of likely N-dealkylation sites (N-methyl/N-ethyl adjacent to an activating group) is 1. The Morgan fingerprint density at radius 2 is 1.82 bits per heavy atom. The Hall–Kier alpha value is -3.00. The molecule has 8 nitrogen and oxygen atoms in total. The normalized spacial score (nSPS) is 13.0. The van der Waals surface area contributed by atoms with Gasteiger partial charge in [-0.15, -0.1) is 5.11 Å². The highest BCUT2D eigenvalue weighted by atomic mass is 35.5. The fraction of sp³-hybridized carbons (Fsp3) is 0.480. The molecule has 0 heterocycles. The number of carbonyl (C=O) groups is 1. The minimum Gasteiger partial charge on any atom is -0.463 e. The van der Waals surface area contributed by atoms with Gasteiger partial charge in [0, 0.05) is 24.4 Å². The van der Waals surface area contributed by atoms with E-state index in [-0.39, 0.29) is 16.7 Å². The molecule has 34 heavy (non-hydrogen) atoms. The molecule has 0 aromatic heterocycles. The van der Waals surface area contributed by atoms with E-state index < -0.39 is 10.3 Å². The van der Waals surface area contributed by atoms with E-state index in [2.05, 4.69) is 29.0 Å². The lowest BCUT2D eigenvalue weighted by molar-refractivity contribution is -0.384. The van der Waals surface area contributed by atoms with Crippen LogP contribution in [0.2, 0.25) is 5.02 Å². The highest BCUT2D eigenvalue weighted by molar-refractivity contribution is 6.33. The van der Waals surface area contributed by atoms with Crippen LogP contribution < -0.4 is 4.90 Å². The molecule has 0 fully saturated rings. The molecule has 0 aliphatic rings. The molecule has 2 rings (SSSR count). The van der Waals surface area contributed by atoms with Gasteiger partial charge in [-0.1, -0.05) is 31.9 Å². The van der Waals surface area contributed by atoms with Crippen molar-refractivity contribution >= 4 is 40.3 Å². The van der Waals surface area contributed by atoms with Gasteiger partial charge >= 0.3 is 5.97 Å². The minimum atomic E-state index is -0.510. The fourth-order valence-electron chi connectivity index (χ4n) is 3.61. The van der Waals surface area contributed by atoms with E-state index in [9.17, 15) is 14.9 Å². The van der Waals surface area contributed by atoms with Crippen molar-refractivity contribution in [1.29, 1.82) is 0 Å². The van der Waals surface area contributed by atoms with Crippen molar-refractivity contribution < 1.29 is 14.5 Å². The number of ether oxygens (including phenoxy) is 1. The maximum atomic E-state index is 12.5. The van der Waals surface area contributed by atoms with Gasteiger partial charge in [0.1, 0.15) is 12.3 Å². The van der Waals surface area contributed by atoms with Crippen LogP contribution in [0, 0.1) is 22.5 Å². The summed E-state index contributed by atoms with van der Waals surface area (Å²) in [7, 11) is 0. The zero-order valence-corrected chi connectivity index (χ0v) is 21.3. The molecule has 2 aromatic rings. The van der Waals surface area contributed by atoms with E-state index >= 15 is 0 Å². The van der Waals surface area contributed by atoms with Crippen molar-refractivity contribution in [3.63, 3.8) is 0 Å². The van der Waals surface area contributed by atoms with Gasteiger partial charge in [0.05, 0.1) is 27.6 Å². The SMILES string of the molecule is CCCC(C)(CC)C(=O)OCCN(CC)c1ccc(N=Nc2ccc([N+](=O)[O-])cc2Cl)c(C)c1. The van der Waals surface area contributed by atoms with Gasteiger partial charge in [-0.3, -0.25) is 14.9 Å². The average Bonchev–Trinajstić information content (AvgIpc) is 2.81. The highest BCUT2D eigenvalue weighted by Crippen LogP contribution is 2.32. The number of anilines is 1. The monoisotopic (exact) mass is 488 g/mol. The maximum absolute atomic E-state index is 12.5. The number of esters is 1. The molecule has 184 valence electrons. The number of carbonyl (C=O) groups excluding carboxylic acids is 1. The number of halogens is 1. The summed E-state index contributed by atoms with van der Waals surface area (Å²) in [6.07, 6.45) is 2.53. The lowest BCUT2D eigenvalue weighted by Gasteiger charge is -2.27. The Morgan fingerprint density at radius 1 is 1.15 bits per heavy atom. The summed E-state index contributed by atoms with van der Waals surface area (Å²) >= 11 is 6.09. The van der Waals surface area contributed by atoms with Crippen molar-refractivity contribution in [2.75, 3.05) is 24.6 Å². The largest absolute Gasteiger partial charge is 0.463 e. The number of azo groups is 1. The number of nitro groups is 1. The van der Waals surface area contributed by atoms with Crippen LogP contribution in [0.25, 0.3) is 0 Å². The Balaban J connectivity index is 2.05. The third-order valence-electron chi connectivity index (χ3n) is 6.00. The number of hydrogen-bond acceptors (Lipinski definition) is 7. The first-order valence-electron chi connectivity index (χ1n) is 11.5. The van der Waals surface area contributed by atoms with Gasteiger partial charge in [0.15, 0.2) is 0 Å². The van der Waals surface area contributed by atoms with Crippen LogP contribution in [0.4, 0.5) is 22.7 Å². The number of benzene rings is 2. The third-order valence-corrected chi connectivity index (χ3v) is 6.31. The summed E-state index contributed by atoms with van der Waals surface area (Å²) in [6.45, 7) is 11.7. The average molecular weight is 489 g/mol. The molecule has 0 spiro atoms. The second-order valence-electron chi connectivity index (χ2n) is 8.44. The lowest BCUT2D eigenvalue weighted by Crippen LogP contribution is -2.33. The molecule has 1 atom stereocenters. The van der Waals surface area contributed by atoms with Gasteiger partial charge in [0.2, 0.25) is 0 Å². The van der Waals surface area contributed by atoms with E-state index in [0.29, 0.717) is 24.5 Å².